The Bertz CT molecular complexity index is 813. The van der Waals surface area contributed by atoms with Crippen LogP contribution in [-0.2, 0) is 15.7 Å². The zero-order valence-electron chi connectivity index (χ0n) is 14.2. The predicted molar refractivity (Wildman–Crippen MR) is 93.6 cm³/mol. The molecule has 0 unspecified atom stereocenters. The van der Waals surface area contributed by atoms with Crippen LogP contribution >= 0.6 is 0 Å². The molecule has 3 heterocycles. The fourth-order valence-electron chi connectivity index (χ4n) is 2.43. The summed E-state index contributed by atoms with van der Waals surface area (Å²) >= 11 is 0. The molecule has 0 saturated carbocycles. The van der Waals surface area contributed by atoms with Crippen molar-refractivity contribution in [2.75, 3.05) is 38.7 Å². The maximum absolute atomic E-state index is 13.5. The van der Waals surface area contributed by atoms with E-state index in [1.165, 1.54) is 0 Å². The van der Waals surface area contributed by atoms with Crippen molar-refractivity contribution in [2.45, 2.75) is 6.18 Å². The van der Waals surface area contributed by atoms with Gasteiger partial charge >= 0.3 is 6.18 Å². The molecule has 3 rings (SSSR count). The summed E-state index contributed by atoms with van der Waals surface area (Å²) in [7, 11) is 0. The highest BCUT2D eigenvalue weighted by Crippen LogP contribution is 2.33. The number of hydrogen-bond donors (Lipinski definition) is 1. The van der Waals surface area contributed by atoms with Gasteiger partial charge in [0.1, 0.15) is 5.82 Å². The van der Waals surface area contributed by atoms with Crippen LogP contribution in [-0.4, -0.2) is 60.9 Å². The standard InChI is InChI=1S/C16H17F3N6O2/c1-10-14(23-9-27-10)24-15(22-8-25-2-4-26-5-3-25)11-7-21-13(20)6-12(11)16(17,18)19/h6-7,9H,1-5,8H2,(H2,20,21). The van der Waals surface area contributed by atoms with Crippen molar-refractivity contribution in [2.24, 2.45) is 15.0 Å². The molecular weight excluding hydrogens is 365 g/mol. The first-order chi connectivity index (χ1) is 12.8. The number of alkyl halides is 3. The Kier molecular flexibility index (Phi) is 5.51. The minimum atomic E-state index is -4.65. The number of anilines is 1. The topological polar surface area (TPSA) is 97.7 Å². The van der Waals surface area contributed by atoms with Crippen LogP contribution in [0.25, 0.3) is 0 Å². The van der Waals surface area contributed by atoms with Gasteiger partial charge in [-0.1, -0.05) is 6.58 Å². The van der Waals surface area contributed by atoms with Crippen LogP contribution in [0.3, 0.4) is 0 Å². The number of morpholine rings is 1. The molecule has 1 aromatic heterocycles. The lowest BCUT2D eigenvalue weighted by Gasteiger charge is -2.24. The summed E-state index contributed by atoms with van der Waals surface area (Å²) in [6.45, 7) is 6.05. The fourth-order valence-corrected chi connectivity index (χ4v) is 2.43. The van der Waals surface area contributed by atoms with Crippen molar-refractivity contribution in [3.05, 3.63) is 35.7 Å². The lowest BCUT2D eigenvalue weighted by atomic mass is 10.1. The lowest BCUT2D eigenvalue weighted by molar-refractivity contribution is -0.137. The van der Waals surface area contributed by atoms with E-state index in [1.54, 1.807) is 0 Å². The molecule has 1 aromatic rings. The number of nitrogen functional groups attached to an aromatic ring is 1. The Hall–Kier alpha value is -2.79. The third kappa shape index (κ3) is 4.68. The van der Waals surface area contributed by atoms with Crippen LogP contribution < -0.4 is 5.73 Å². The third-order valence-electron chi connectivity index (χ3n) is 3.83. The van der Waals surface area contributed by atoms with Crippen LogP contribution in [0.5, 0.6) is 0 Å². The maximum Gasteiger partial charge on any atom is 0.417 e. The highest BCUT2D eigenvalue weighted by Gasteiger charge is 2.35. The number of amidine groups is 2. The number of aromatic nitrogens is 1. The quantitative estimate of drug-likeness (QED) is 0.634. The van der Waals surface area contributed by atoms with E-state index in [9.17, 15) is 13.2 Å². The molecule has 0 aliphatic carbocycles. The number of ether oxygens (including phenoxy) is 2. The number of pyridine rings is 1. The van der Waals surface area contributed by atoms with Crippen molar-refractivity contribution in [1.29, 1.82) is 0 Å². The Balaban J connectivity index is 2.02. The second kappa shape index (κ2) is 7.84. The Morgan fingerprint density at radius 2 is 2.07 bits per heavy atom. The molecule has 8 nitrogen and oxygen atoms in total. The van der Waals surface area contributed by atoms with Gasteiger partial charge in [0.2, 0.25) is 0 Å². The van der Waals surface area contributed by atoms with Gasteiger partial charge in [-0.3, -0.25) is 9.89 Å². The van der Waals surface area contributed by atoms with Gasteiger partial charge in [-0.05, 0) is 6.07 Å². The van der Waals surface area contributed by atoms with E-state index in [-0.39, 0.29) is 35.5 Å². The Morgan fingerprint density at radius 1 is 1.33 bits per heavy atom. The second-order valence-corrected chi connectivity index (χ2v) is 5.72. The van der Waals surface area contributed by atoms with E-state index >= 15 is 0 Å². The molecule has 0 bridgehead atoms. The Morgan fingerprint density at radius 3 is 2.70 bits per heavy atom. The average molecular weight is 382 g/mol. The molecule has 0 amide bonds. The van der Waals surface area contributed by atoms with E-state index in [0.29, 0.717) is 26.3 Å². The molecule has 0 spiro atoms. The number of hydrogen-bond acceptors (Lipinski definition) is 6. The minimum Gasteiger partial charge on any atom is -0.442 e. The molecule has 144 valence electrons. The highest BCUT2D eigenvalue weighted by molar-refractivity contribution is 6.14. The lowest BCUT2D eigenvalue weighted by Crippen LogP contribution is -2.36. The second-order valence-electron chi connectivity index (χ2n) is 5.72. The van der Waals surface area contributed by atoms with E-state index in [2.05, 4.69) is 26.5 Å². The van der Waals surface area contributed by atoms with Gasteiger partial charge in [-0.25, -0.2) is 9.98 Å². The summed E-state index contributed by atoms with van der Waals surface area (Å²) in [5, 5.41) is 0. The SMILES string of the molecule is C=C1OC=NC1=NC(=NCN1CCOCC1)c1cnc(N)cc1C(F)(F)F. The van der Waals surface area contributed by atoms with E-state index in [1.807, 2.05) is 4.90 Å². The van der Waals surface area contributed by atoms with Crippen LogP contribution in [0.1, 0.15) is 11.1 Å². The largest absolute Gasteiger partial charge is 0.442 e. The molecule has 0 atom stereocenters. The molecular formula is C16H17F3N6O2. The van der Waals surface area contributed by atoms with Crippen molar-refractivity contribution in [3.8, 4) is 0 Å². The zero-order valence-corrected chi connectivity index (χ0v) is 14.2. The molecule has 2 aliphatic heterocycles. The summed E-state index contributed by atoms with van der Waals surface area (Å²) in [4.78, 5) is 17.9. The van der Waals surface area contributed by atoms with E-state index in [0.717, 1.165) is 18.7 Å². The minimum absolute atomic E-state index is 0.0423. The van der Waals surface area contributed by atoms with Crippen molar-refractivity contribution in [3.63, 3.8) is 0 Å². The summed E-state index contributed by atoms with van der Waals surface area (Å²) < 4.78 is 50.7. The smallest absolute Gasteiger partial charge is 0.417 e. The van der Waals surface area contributed by atoms with Gasteiger partial charge < -0.3 is 15.2 Å². The summed E-state index contributed by atoms with van der Waals surface area (Å²) in [5.41, 5.74) is 4.16. The molecule has 2 N–H and O–H groups in total. The van der Waals surface area contributed by atoms with Gasteiger partial charge in [0.05, 0.1) is 25.4 Å². The fraction of sp³-hybridized carbons (Fsp3) is 0.375. The first-order valence-electron chi connectivity index (χ1n) is 7.99. The van der Waals surface area contributed by atoms with Crippen LogP contribution in [0.15, 0.2) is 39.6 Å². The first kappa shape index (κ1) is 19.0. The summed E-state index contributed by atoms with van der Waals surface area (Å²) in [5.74, 6) is -0.273. The number of halogens is 3. The zero-order chi connectivity index (χ0) is 19.4. The number of rotatable bonds is 3. The van der Waals surface area contributed by atoms with Gasteiger partial charge in [0.15, 0.2) is 23.8 Å². The normalized spacial score (nSPS) is 20.3. The Labute approximate surface area is 152 Å². The molecule has 1 fully saturated rings. The average Bonchev–Trinajstić information content (AvgIpc) is 3.03. The number of aliphatic imine (C=N–C) groups is 3. The van der Waals surface area contributed by atoms with Gasteiger partial charge in [-0.2, -0.15) is 18.2 Å². The van der Waals surface area contributed by atoms with E-state index < -0.39 is 11.7 Å². The summed E-state index contributed by atoms with van der Waals surface area (Å²) in [6.07, 6.45) is -2.55. The maximum atomic E-state index is 13.5. The van der Waals surface area contributed by atoms with Crippen LogP contribution in [0.4, 0.5) is 19.0 Å². The number of nitrogens with two attached hydrogens (primary N) is 1. The monoisotopic (exact) mass is 382 g/mol. The highest BCUT2D eigenvalue weighted by atomic mass is 19.4. The number of nitrogens with zero attached hydrogens (tertiary/aromatic N) is 5. The predicted octanol–water partition coefficient (Wildman–Crippen LogP) is 1.69. The van der Waals surface area contributed by atoms with E-state index in [4.69, 9.17) is 15.2 Å². The molecule has 27 heavy (non-hydrogen) atoms. The van der Waals surface area contributed by atoms with Crippen LogP contribution in [0.2, 0.25) is 0 Å². The molecule has 11 heteroatoms. The van der Waals surface area contributed by atoms with Gasteiger partial charge in [0, 0.05) is 24.8 Å². The molecule has 1 saturated heterocycles. The summed E-state index contributed by atoms with van der Waals surface area (Å²) in [6, 6.07) is 0.753. The first-order valence-corrected chi connectivity index (χ1v) is 7.99. The van der Waals surface area contributed by atoms with Crippen molar-refractivity contribution < 1.29 is 22.6 Å². The molecule has 0 radical (unpaired) electrons. The van der Waals surface area contributed by atoms with Crippen molar-refractivity contribution >= 4 is 23.9 Å². The van der Waals surface area contributed by atoms with Gasteiger partial charge in [0.25, 0.3) is 0 Å². The molecule has 0 aromatic carbocycles. The third-order valence-corrected chi connectivity index (χ3v) is 3.83. The van der Waals surface area contributed by atoms with Crippen molar-refractivity contribution in [1.82, 2.24) is 9.88 Å². The molecule has 2 aliphatic rings. The van der Waals surface area contributed by atoms with Gasteiger partial charge in [-0.15, -0.1) is 0 Å². The van der Waals surface area contributed by atoms with Crippen LogP contribution in [0, 0.1) is 0 Å².